The quantitative estimate of drug-likeness (QED) is 0.883. The highest BCUT2D eigenvalue weighted by molar-refractivity contribution is 7.86. The second kappa shape index (κ2) is 5.81. The zero-order valence-corrected chi connectivity index (χ0v) is 12.6. The summed E-state index contributed by atoms with van der Waals surface area (Å²) in [5.74, 6) is -0.00790. The Bertz CT molecular complexity index is 810. The van der Waals surface area contributed by atoms with Crippen LogP contribution in [0.5, 0.6) is 5.75 Å². The van der Waals surface area contributed by atoms with Crippen molar-refractivity contribution in [1.29, 1.82) is 0 Å². The number of aryl methyl sites for hydroxylation is 1. The third-order valence-corrected chi connectivity index (χ3v) is 4.68. The van der Waals surface area contributed by atoms with E-state index in [2.05, 4.69) is 5.16 Å². The van der Waals surface area contributed by atoms with Gasteiger partial charge in [-0.05, 0) is 49.1 Å². The molecule has 0 spiro atoms. The topological polar surface area (TPSA) is 76.0 Å². The Labute approximate surface area is 129 Å². The van der Waals surface area contributed by atoms with Gasteiger partial charge in [-0.15, -0.1) is 0 Å². The Morgan fingerprint density at radius 2 is 1.73 bits per heavy atom. The van der Waals surface area contributed by atoms with E-state index in [1.807, 2.05) is 24.3 Å². The number of rotatable bonds is 3. The normalized spacial score (nSPS) is 16.3. The number of fused-ring (bicyclic) bond motifs is 1. The van der Waals surface area contributed by atoms with Crippen LogP contribution in [0.4, 0.5) is 0 Å². The summed E-state index contributed by atoms with van der Waals surface area (Å²) in [7, 11) is -3.98. The summed E-state index contributed by atoms with van der Waals surface area (Å²) < 4.78 is 29.0. The fraction of sp³-hybridized carbons (Fsp3) is 0.188. The van der Waals surface area contributed by atoms with Crippen LogP contribution < -0.4 is 0 Å². The van der Waals surface area contributed by atoms with Crippen molar-refractivity contribution >= 4 is 15.8 Å². The number of hydrogen-bond acceptors (Lipinski definition) is 5. The average Bonchev–Trinajstić information content (AvgIpc) is 2.53. The van der Waals surface area contributed by atoms with E-state index in [9.17, 15) is 13.5 Å². The number of oxime groups is 1. The predicted octanol–water partition coefficient (Wildman–Crippen LogP) is 2.84. The highest BCUT2D eigenvalue weighted by atomic mass is 32.2. The Hall–Kier alpha value is -2.34. The molecule has 0 radical (unpaired) electrons. The van der Waals surface area contributed by atoms with Crippen LogP contribution in [0.1, 0.15) is 24.0 Å². The summed E-state index contributed by atoms with van der Waals surface area (Å²) >= 11 is 0. The molecule has 0 fully saturated rings. The Morgan fingerprint density at radius 1 is 1.00 bits per heavy atom. The molecule has 114 valence electrons. The molecule has 0 aliphatic heterocycles. The third kappa shape index (κ3) is 2.96. The Morgan fingerprint density at radius 3 is 2.50 bits per heavy atom. The lowest BCUT2D eigenvalue weighted by Gasteiger charge is -2.16. The lowest BCUT2D eigenvalue weighted by Crippen LogP contribution is -2.13. The summed E-state index contributed by atoms with van der Waals surface area (Å²) in [6, 6.07) is 12.9. The van der Waals surface area contributed by atoms with Crippen LogP contribution in [-0.4, -0.2) is 19.2 Å². The second-order valence-corrected chi connectivity index (χ2v) is 6.60. The lowest BCUT2D eigenvalue weighted by atomic mass is 9.90. The van der Waals surface area contributed by atoms with Gasteiger partial charge in [-0.2, -0.15) is 8.42 Å². The van der Waals surface area contributed by atoms with Crippen molar-refractivity contribution in [1.82, 2.24) is 0 Å². The van der Waals surface area contributed by atoms with Gasteiger partial charge in [0, 0.05) is 5.56 Å². The molecule has 2 aromatic rings. The van der Waals surface area contributed by atoms with Crippen molar-refractivity contribution in [3.05, 3.63) is 59.7 Å². The molecule has 1 aliphatic carbocycles. The van der Waals surface area contributed by atoms with Gasteiger partial charge in [0.1, 0.15) is 10.6 Å². The molecule has 1 N–H and O–H groups in total. The van der Waals surface area contributed by atoms with Crippen molar-refractivity contribution in [3.63, 3.8) is 0 Å². The van der Waals surface area contributed by atoms with Gasteiger partial charge >= 0.3 is 10.1 Å². The van der Waals surface area contributed by atoms with E-state index in [0.717, 1.165) is 24.0 Å². The van der Waals surface area contributed by atoms with Crippen LogP contribution in [0.3, 0.4) is 0 Å². The van der Waals surface area contributed by atoms with Gasteiger partial charge in [0.15, 0.2) is 0 Å². The second-order valence-electron chi connectivity index (χ2n) is 5.07. The maximum Gasteiger partial charge on any atom is 0.358 e. The molecule has 5 nitrogen and oxygen atoms in total. The molecular weight excluding hydrogens is 302 g/mol. The number of nitrogens with zero attached hydrogens (tertiary/aromatic N) is 1. The van der Waals surface area contributed by atoms with Crippen LogP contribution in [0.2, 0.25) is 0 Å². The maximum atomic E-state index is 12.1. The zero-order chi connectivity index (χ0) is 15.6. The number of phenols is 1. The Balaban J connectivity index is 1.87. The van der Waals surface area contributed by atoms with Gasteiger partial charge in [0.25, 0.3) is 0 Å². The number of phenolic OH excluding ortho intramolecular Hbond substituents is 1. The monoisotopic (exact) mass is 317 g/mol. The van der Waals surface area contributed by atoms with Crippen LogP contribution in [0.15, 0.2) is 58.6 Å². The molecule has 3 rings (SSSR count). The van der Waals surface area contributed by atoms with Gasteiger partial charge < -0.3 is 5.11 Å². The molecule has 0 heterocycles. The number of hydrogen-bond donors (Lipinski definition) is 1. The zero-order valence-electron chi connectivity index (χ0n) is 11.8. The first kappa shape index (κ1) is 14.6. The van der Waals surface area contributed by atoms with Crippen LogP contribution >= 0.6 is 0 Å². The van der Waals surface area contributed by atoms with Crippen molar-refractivity contribution in [3.8, 4) is 5.75 Å². The summed E-state index contributed by atoms with van der Waals surface area (Å²) in [6.45, 7) is 0. The van der Waals surface area contributed by atoms with Crippen LogP contribution in [0.25, 0.3) is 0 Å². The molecule has 0 amide bonds. The summed E-state index contributed by atoms with van der Waals surface area (Å²) in [5.41, 5.74) is 2.73. The van der Waals surface area contributed by atoms with E-state index in [0.29, 0.717) is 12.1 Å². The van der Waals surface area contributed by atoms with Gasteiger partial charge in [-0.25, -0.2) is 0 Å². The molecule has 1 aliphatic rings. The third-order valence-electron chi connectivity index (χ3n) is 3.56. The smallest absolute Gasteiger partial charge is 0.358 e. The fourth-order valence-corrected chi connectivity index (χ4v) is 3.19. The van der Waals surface area contributed by atoms with Gasteiger partial charge in [-0.3, -0.25) is 4.28 Å². The van der Waals surface area contributed by atoms with E-state index in [1.54, 1.807) is 0 Å². The minimum Gasteiger partial charge on any atom is -0.508 e. The summed E-state index contributed by atoms with van der Waals surface area (Å²) in [6.07, 6.45) is 2.56. The van der Waals surface area contributed by atoms with Gasteiger partial charge in [0.05, 0.1) is 5.71 Å². The molecule has 0 atom stereocenters. The minimum absolute atomic E-state index is 0.00790. The van der Waals surface area contributed by atoms with Gasteiger partial charge in [0.2, 0.25) is 0 Å². The van der Waals surface area contributed by atoms with Crippen LogP contribution in [0, 0.1) is 0 Å². The summed E-state index contributed by atoms with van der Waals surface area (Å²) in [4.78, 5) is -0.0428. The average molecular weight is 317 g/mol. The first-order chi connectivity index (χ1) is 10.6. The van der Waals surface area contributed by atoms with E-state index in [1.165, 1.54) is 24.3 Å². The van der Waals surface area contributed by atoms with Crippen molar-refractivity contribution in [2.75, 3.05) is 0 Å². The van der Waals surface area contributed by atoms with Crippen molar-refractivity contribution < 1.29 is 17.8 Å². The number of aromatic hydroxyl groups is 1. The Kier molecular flexibility index (Phi) is 3.85. The van der Waals surface area contributed by atoms with Crippen molar-refractivity contribution in [2.45, 2.75) is 24.2 Å². The highest BCUT2D eigenvalue weighted by Gasteiger charge is 2.19. The van der Waals surface area contributed by atoms with E-state index in [4.69, 9.17) is 4.28 Å². The molecule has 0 saturated heterocycles. The largest absolute Gasteiger partial charge is 0.508 e. The summed E-state index contributed by atoms with van der Waals surface area (Å²) in [5, 5.41) is 13.1. The number of benzene rings is 2. The molecular formula is C16H15NO4S. The molecule has 0 aromatic heterocycles. The minimum atomic E-state index is -3.98. The predicted molar refractivity (Wildman–Crippen MR) is 82.3 cm³/mol. The van der Waals surface area contributed by atoms with Crippen molar-refractivity contribution in [2.24, 2.45) is 5.16 Å². The molecule has 2 aromatic carbocycles. The van der Waals surface area contributed by atoms with Gasteiger partial charge in [-0.1, -0.05) is 29.4 Å². The highest BCUT2D eigenvalue weighted by Crippen LogP contribution is 2.23. The molecule has 22 heavy (non-hydrogen) atoms. The fourth-order valence-electron chi connectivity index (χ4n) is 2.45. The SMILES string of the molecule is O=S(=O)(ON=C1CCCc2ccccc21)c1ccc(O)cc1. The molecule has 0 saturated carbocycles. The lowest BCUT2D eigenvalue weighted by molar-refractivity contribution is 0.337. The van der Waals surface area contributed by atoms with E-state index in [-0.39, 0.29) is 10.6 Å². The van der Waals surface area contributed by atoms with E-state index >= 15 is 0 Å². The standard InChI is InChI=1S/C16H15NO4S/c18-13-8-10-14(11-9-13)22(19,20)21-17-16-7-3-5-12-4-1-2-6-15(12)16/h1-2,4,6,8-11,18H,3,5,7H2. The first-order valence-electron chi connectivity index (χ1n) is 6.94. The molecule has 6 heteroatoms. The maximum absolute atomic E-state index is 12.1. The molecule has 0 bridgehead atoms. The first-order valence-corrected chi connectivity index (χ1v) is 8.35. The van der Waals surface area contributed by atoms with Crippen LogP contribution in [-0.2, 0) is 20.8 Å². The van der Waals surface area contributed by atoms with E-state index < -0.39 is 10.1 Å². The molecule has 0 unspecified atom stereocenters.